The minimum Gasteiger partial charge on any atom is -0.451 e. The number of rotatable bonds is 5. The van der Waals surface area contributed by atoms with Gasteiger partial charge in [-0.2, -0.15) is 5.10 Å². The molecule has 1 fully saturated rings. The second kappa shape index (κ2) is 7.96. The molecule has 2 N–H and O–H groups in total. The minimum atomic E-state index is -0.582. The van der Waals surface area contributed by atoms with Crippen molar-refractivity contribution in [3.63, 3.8) is 0 Å². The Balaban J connectivity index is 1.51. The number of aromatic nitrogens is 2. The minimum absolute atomic E-state index is 0.178. The van der Waals surface area contributed by atoms with Crippen LogP contribution in [0.1, 0.15) is 43.1 Å². The fraction of sp³-hybridized carbons (Fsp3) is 0.421. The van der Waals surface area contributed by atoms with E-state index in [1.54, 1.807) is 6.07 Å². The number of ether oxygens (including phenoxy) is 1. The zero-order chi connectivity index (χ0) is 17.6. The molecule has 0 radical (unpaired) electrons. The van der Waals surface area contributed by atoms with Gasteiger partial charge < -0.3 is 10.1 Å². The maximum atomic E-state index is 12.1. The van der Waals surface area contributed by atoms with Crippen LogP contribution in [0.4, 0.5) is 0 Å². The number of esters is 1. The molecule has 6 heteroatoms. The Morgan fingerprint density at radius 1 is 1.24 bits per heavy atom. The first-order valence-corrected chi connectivity index (χ1v) is 8.71. The highest BCUT2D eigenvalue weighted by Gasteiger charge is 2.23. The lowest BCUT2D eigenvalue weighted by Gasteiger charge is -2.29. The standard InChI is InChI=1S/C19H23N3O3/c1-13-7-5-6-10-15(13)20-18(23)12-25-19(24)17-11-16(21-22-17)14-8-3-2-4-9-14/h2-4,8-9,11,13,15H,5-7,10,12H2,1H3,(H,20,23)(H,21,22)/t13-,15+/m1/s1. The number of hydrogen-bond donors (Lipinski definition) is 2. The van der Waals surface area contributed by atoms with Crippen LogP contribution < -0.4 is 5.32 Å². The highest BCUT2D eigenvalue weighted by Crippen LogP contribution is 2.23. The molecule has 1 amide bonds. The summed E-state index contributed by atoms with van der Waals surface area (Å²) in [5, 5.41) is 9.74. The largest absolute Gasteiger partial charge is 0.451 e. The molecule has 0 bridgehead atoms. The summed E-state index contributed by atoms with van der Waals surface area (Å²) in [5.41, 5.74) is 1.80. The average Bonchev–Trinajstić information content (AvgIpc) is 3.13. The van der Waals surface area contributed by atoms with Crippen LogP contribution in [-0.2, 0) is 9.53 Å². The molecule has 1 aromatic heterocycles. The second-order valence-corrected chi connectivity index (χ2v) is 6.54. The quantitative estimate of drug-likeness (QED) is 0.819. The molecule has 25 heavy (non-hydrogen) atoms. The van der Waals surface area contributed by atoms with Crippen LogP contribution in [0.15, 0.2) is 36.4 Å². The zero-order valence-corrected chi connectivity index (χ0v) is 14.3. The molecule has 1 aromatic carbocycles. The molecule has 6 nitrogen and oxygen atoms in total. The fourth-order valence-electron chi connectivity index (χ4n) is 3.17. The van der Waals surface area contributed by atoms with Crippen LogP contribution >= 0.6 is 0 Å². The van der Waals surface area contributed by atoms with Gasteiger partial charge in [-0.15, -0.1) is 0 Å². The predicted molar refractivity (Wildman–Crippen MR) is 93.9 cm³/mol. The molecule has 2 atom stereocenters. The van der Waals surface area contributed by atoms with E-state index in [4.69, 9.17) is 4.74 Å². The summed E-state index contributed by atoms with van der Waals surface area (Å²) in [6.07, 6.45) is 4.46. The van der Waals surface area contributed by atoms with Crippen molar-refractivity contribution < 1.29 is 14.3 Å². The van der Waals surface area contributed by atoms with E-state index in [0.29, 0.717) is 11.6 Å². The van der Waals surface area contributed by atoms with Crippen LogP contribution in [0.3, 0.4) is 0 Å². The third-order valence-corrected chi connectivity index (χ3v) is 4.66. The summed E-state index contributed by atoms with van der Waals surface area (Å²) in [6.45, 7) is 1.87. The molecule has 3 rings (SSSR count). The van der Waals surface area contributed by atoms with E-state index in [-0.39, 0.29) is 24.2 Å². The Morgan fingerprint density at radius 3 is 2.76 bits per heavy atom. The van der Waals surface area contributed by atoms with E-state index in [2.05, 4.69) is 22.4 Å². The Bertz CT molecular complexity index is 727. The van der Waals surface area contributed by atoms with Crippen molar-refractivity contribution in [1.29, 1.82) is 0 Å². The van der Waals surface area contributed by atoms with Crippen LogP contribution in [0.25, 0.3) is 11.3 Å². The number of H-pyrrole nitrogens is 1. The maximum Gasteiger partial charge on any atom is 0.356 e. The number of nitrogens with zero attached hydrogens (tertiary/aromatic N) is 1. The van der Waals surface area contributed by atoms with Crippen molar-refractivity contribution in [2.45, 2.75) is 38.6 Å². The van der Waals surface area contributed by atoms with Gasteiger partial charge in [0, 0.05) is 11.6 Å². The summed E-state index contributed by atoms with van der Waals surface area (Å²) in [7, 11) is 0. The average molecular weight is 341 g/mol. The van der Waals surface area contributed by atoms with Crippen molar-refractivity contribution in [3.05, 3.63) is 42.1 Å². The fourth-order valence-corrected chi connectivity index (χ4v) is 3.17. The number of amides is 1. The van der Waals surface area contributed by atoms with Gasteiger partial charge in [-0.3, -0.25) is 9.89 Å². The summed E-state index contributed by atoms with van der Waals surface area (Å²) < 4.78 is 5.09. The number of carbonyl (C=O) groups excluding carboxylic acids is 2. The first-order chi connectivity index (χ1) is 12.1. The van der Waals surface area contributed by atoms with Crippen LogP contribution in [-0.4, -0.2) is 34.7 Å². The smallest absolute Gasteiger partial charge is 0.356 e. The first kappa shape index (κ1) is 17.2. The van der Waals surface area contributed by atoms with Gasteiger partial charge in [0.15, 0.2) is 6.61 Å². The summed E-state index contributed by atoms with van der Waals surface area (Å²) in [5.74, 6) is -0.370. The zero-order valence-electron chi connectivity index (χ0n) is 14.3. The molecule has 0 spiro atoms. The van der Waals surface area contributed by atoms with Crippen molar-refractivity contribution in [1.82, 2.24) is 15.5 Å². The van der Waals surface area contributed by atoms with Crippen molar-refractivity contribution >= 4 is 11.9 Å². The lowest BCUT2D eigenvalue weighted by Crippen LogP contribution is -2.42. The number of carbonyl (C=O) groups is 2. The molecule has 132 valence electrons. The Kier molecular flexibility index (Phi) is 5.48. The summed E-state index contributed by atoms with van der Waals surface area (Å²) >= 11 is 0. The van der Waals surface area contributed by atoms with Gasteiger partial charge >= 0.3 is 5.97 Å². The third kappa shape index (κ3) is 4.47. The van der Waals surface area contributed by atoms with E-state index in [9.17, 15) is 9.59 Å². The van der Waals surface area contributed by atoms with E-state index in [0.717, 1.165) is 24.8 Å². The molecule has 1 heterocycles. The highest BCUT2D eigenvalue weighted by atomic mass is 16.5. The van der Waals surface area contributed by atoms with E-state index >= 15 is 0 Å². The highest BCUT2D eigenvalue weighted by molar-refractivity contribution is 5.90. The van der Waals surface area contributed by atoms with Gasteiger partial charge in [0.1, 0.15) is 5.69 Å². The third-order valence-electron chi connectivity index (χ3n) is 4.66. The lowest BCUT2D eigenvalue weighted by atomic mass is 9.86. The van der Waals surface area contributed by atoms with E-state index in [1.165, 1.54) is 6.42 Å². The number of benzene rings is 1. The van der Waals surface area contributed by atoms with Crippen molar-refractivity contribution in [2.24, 2.45) is 5.92 Å². The molecule has 1 aliphatic rings. The Morgan fingerprint density at radius 2 is 2.00 bits per heavy atom. The second-order valence-electron chi connectivity index (χ2n) is 6.54. The van der Waals surface area contributed by atoms with Crippen LogP contribution in [0, 0.1) is 5.92 Å². The van der Waals surface area contributed by atoms with E-state index < -0.39 is 5.97 Å². The van der Waals surface area contributed by atoms with Gasteiger partial charge in [0.2, 0.25) is 0 Å². The monoisotopic (exact) mass is 341 g/mol. The molecule has 2 aromatic rings. The van der Waals surface area contributed by atoms with Crippen molar-refractivity contribution in [2.75, 3.05) is 6.61 Å². The van der Waals surface area contributed by atoms with Gasteiger partial charge in [0.25, 0.3) is 5.91 Å². The van der Waals surface area contributed by atoms with Gasteiger partial charge in [0.05, 0.1) is 5.69 Å². The summed E-state index contributed by atoms with van der Waals surface area (Å²) in [6, 6.07) is 11.3. The van der Waals surface area contributed by atoms with E-state index in [1.807, 2.05) is 30.3 Å². The molecular formula is C19H23N3O3. The van der Waals surface area contributed by atoms with Crippen LogP contribution in [0.5, 0.6) is 0 Å². The summed E-state index contributed by atoms with van der Waals surface area (Å²) in [4.78, 5) is 24.1. The molecule has 0 aliphatic heterocycles. The molecular weight excluding hydrogens is 318 g/mol. The maximum absolute atomic E-state index is 12.1. The molecule has 0 saturated heterocycles. The molecule has 1 saturated carbocycles. The normalized spacial score (nSPS) is 20.0. The molecule has 0 unspecified atom stereocenters. The topological polar surface area (TPSA) is 84.1 Å². The van der Waals surface area contributed by atoms with Gasteiger partial charge in [-0.25, -0.2) is 4.79 Å². The predicted octanol–water partition coefficient (Wildman–Crippen LogP) is 2.93. The number of nitrogens with one attached hydrogen (secondary N) is 2. The number of aromatic amines is 1. The Labute approximate surface area is 147 Å². The Hall–Kier alpha value is -2.63. The number of hydrogen-bond acceptors (Lipinski definition) is 4. The van der Waals surface area contributed by atoms with Gasteiger partial charge in [-0.05, 0) is 24.8 Å². The molecule has 1 aliphatic carbocycles. The van der Waals surface area contributed by atoms with Crippen LogP contribution in [0.2, 0.25) is 0 Å². The van der Waals surface area contributed by atoms with Crippen molar-refractivity contribution in [3.8, 4) is 11.3 Å². The first-order valence-electron chi connectivity index (χ1n) is 8.71. The SMILES string of the molecule is C[C@@H]1CCCC[C@@H]1NC(=O)COC(=O)c1cc(-c2ccccc2)n[nH]1. The lowest BCUT2D eigenvalue weighted by molar-refractivity contribution is -0.125. The van der Waals surface area contributed by atoms with Gasteiger partial charge in [-0.1, -0.05) is 50.1 Å².